The molecule has 0 fully saturated rings. The van der Waals surface area contributed by atoms with Crippen LogP contribution in [0.5, 0.6) is 0 Å². The molecule has 0 amide bonds. The van der Waals surface area contributed by atoms with Crippen LogP contribution in [0.25, 0.3) is 0 Å². The number of hydrogen-bond donors (Lipinski definition) is 0. The second kappa shape index (κ2) is 13.2. The van der Waals surface area contributed by atoms with Gasteiger partial charge in [0.05, 0.1) is 24.5 Å². The Morgan fingerprint density at radius 3 is 1.86 bits per heavy atom. The van der Waals surface area contributed by atoms with Crippen LogP contribution in [-0.4, -0.2) is 25.2 Å². The number of esters is 2. The molecule has 0 saturated carbocycles. The van der Waals surface area contributed by atoms with Crippen LogP contribution in [0.15, 0.2) is 0 Å². The lowest BCUT2D eigenvalue weighted by atomic mass is 9.68. The van der Waals surface area contributed by atoms with Crippen molar-refractivity contribution in [1.29, 1.82) is 0 Å². The minimum absolute atomic E-state index is 0.218. The standard InChI is InChI=1S/C24H46O4/c1-10-21(22(25)27-12-3)24(11-2,15-13-14-17(4)5)23(26)28-16-20(18(6)7)19(8)9/h17-21H,10-16H2,1-9H3. The van der Waals surface area contributed by atoms with Crippen LogP contribution in [0, 0.1) is 35.0 Å². The van der Waals surface area contributed by atoms with Gasteiger partial charge in [-0.3, -0.25) is 9.59 Å². The first-order valence-corrected chi connectivity index (χ1v) is 11.4. The molecule has 2 unspecified atom stereocenters. The Morgan fingerprint density at radius 1 is 0.893 bits per heavy atom. The van der Waals surface area contributed by atoms with E-state index in [1.165, 1.54) is 0 Å². The van der Waals surface area contributed by atoms with Crippen molar-refractivity contribution in [3.05, 3.63) is 0 Å². The van der Waals surface area contributed by atoms with Gasteiger partial charge in [0.25, 0.3) is 0 Å². The average molecular weight is 399 g/mol. The zero-order chi connectivity index (χ0) is 21.9. The Balaban J connectivity index is 5.64. The topological polar surface area (TPSA) is 52.6 Å². The number of hydrogen-bond acceptors (Lipinski definition) is 4. The summed E-state index contributed by atoms with van der Waals surface area (Å²) in [5.74, 6) is 0.834. The molecule has 0 aromatic rings. The van der Waals surface area contributed by atoms with Gasteiger partial charge in [-0.25, -0.2) is 0 Å². The van der Waals surface area contributed by atoms with E-state index in [1.54, 1.807) is 0 Å². The Hall–Kier alpha value is -1.06. The van der Waals surface area contributed by atoms with E-state index < -0.39 is 11.3 Å². The summed E-state index contributed by atoms with van der Waals surface area (Å²) in [6.45, 7) is 19.6. The summed E-state index contributed by atoms with van der Waals surface area (Å²) in [6, 6.07) is 0. The van der Waals surface area contributed by atoms with Gasteiger partial charge in [0, 0.05) is 0 Å². The van der Waals surface area contributed by atoms with Gasteiger partial charge in [0.15, 0.2) is 0 Å². The Morgan fingerprint density at radius 2 is 1.46 bits per heavy atom. The van der Waals surface area contributed by atoms with E-state index in [0.717, 1.165) is 12.8 Å². The Bertz CT molecular complexity index is 448. The second-order valence-electron chi connectivity index (χ2n) is 9.26. The lowest BCUT2D eigenvalue weighted by molar-refractivity contribution is -0.173. The molecule has 4 nitrogen and oxygen atoms in total. The van der Waals surface area contributed by atoms with Crippen molar-refractivity contribution in [3.8, 4) is 0 Å². The van der Waals surface area contributed by atoms with Crippen molar-refractivity contribution in [1.82, 2.24) is 0 Å². The van der Waals surface area contributed by atoms with Crippen molar-refractivity contribution >= 4 is 11.9 Å². The van der Waals surface area contributed by atoms with Crippen LogP contribution in [-0.2, 0) is 19.1 Å². The summed E-state index contributed by atoms with van der Waals surface area (Å²) in [7, 11) is 0. The fraction of sp³-hybridized carbons (Fsp3) is 0.917. The third-order valence-electron chi connectivity index (χ3n) is 6.21. The minimum Gasteiger partial charge on any atom is -0.466 e. The molecule has 0 rings (SSSR count). The molecule has 0 saturated heterocycles. The molecule has 0 spiro atoms. The first kappa shape index (κ1) is 26.9. The van der Waals surface area contributed by atoms with Gasteiger partial charge in [0.2, 0.25) is 0 Å². The first-order valence-electron chi connectivity index (χ1n) is 11.4. The Kier molecular flexibility index (Phi) is 12.7. The lowest BCUT2D eigenvalue weighted by Crippen LogP contribution is -2.44. The summed E-state index contributed by atoms with van der Waals surface area (Å²) in [5, 5.41) is 0. The fourth-order valence-electron chi connectivity index (χ4n) is 4.31. The molecule has 0 N–H and O–H groups in total. The van der Waals surface area contributed by atoms with E-state index in [-0.39, 0.29) is 11.9 Å². The quantitative estimate of drug-likeness (QED) is 0.324. The van der Waals surface area contributed by atoms with Crippen molar-refractivity contribution in [2.24, 2.45) is 35.0 Å². The van der Waals surface area contributed by atoms with Crippen LogP contribution >= 0.6 is 0 Å². The van der Waals surface area contributed by atoms with Crippen LogP contribution in [0.2, 0.25) is 0 Å². The van der Waals surface area contributed by atoms with Crippen molar-refractivity contribution in [3.63, 3.8) is 0 Å². The highest BCUT2D eigenvalue weighted by Crippen LogP contribution is 2.42. The molecule has 0 aromatic carbocycles. The van der Waals surface area contributed by atoms with Gasteiger partial charge in [-0.1, -0.05) is 68.2 Å². The summed E-state index contributed by atoms with van der Waals surface area (Å²) in [6.07, 6.45) is 3.80. The predicted octanol–water partition coefficient (Wildman–Crippen LogP) is 6.27. The van der Waals surface area contributed by atoms with E-state index in [1.807, 2.05) is 20.8 Å². The van der Waals surface area contributed by atoms with Crippen molar-refractivity contribution in [2.75, 3.05) is 13.2 Å². The number of carbonyl (C=O) groups is 2. The van der Waals surface area contributed by atoms with Crippen LogP contribution in [0.4, 0.5) is 0 Å². The maximum Gasteiger partial charge on any atom is 0.312 e. The summed E-state index contributed by atoms with van der Waals surface area (Å²) in [5.41, 5.74) is -0.797. The van der Waals surface area contributed by atoms with E-state index >= 15 is 0 Å². The molecular weight excluding hydrogens is 352 g/mol. The summed E-state index contributed by atoms with van der Waals surface area (Å²) < 4.78 is 11.2. The molecule has 0 aromatic heterocycles. The van der Waals surface area contributed by atoms with E-state index in [0.29, 0.717) is 56.1 Å². The highest BCUT2D eigenvalue weighted by atomic mass is 16.5. The molecule has 4 heteroatoms. The molecular formula is C24H46O4. The number of ether oxygens (including phenoxy) is 2. The lowest BCUT2D eigenvalue weighted by Gasteiger charge is -2.37. The number of rotatable bonds is 14. The van der Waals surface area contributed by atoms with Gasteiger partial charge in [-0.15, -0.1) is 0 Å². The van der Waals surface area contributed by atoms with Crippen molar-refractivity contribution < 1.29 is 19.1 Å². The maximum atomic E-state index is 13.4. The van der Waals surface area contributed by atoms with Crippen molar-refractivity contribution in [2.45, 2.75) is 94.4 Å². The van der Waals surface area contributed by atoms with Gasteiger partial charge in [0.1, 0.15) is 0 Å². The molecule has 0 radical (unpaired) electrons. The largest absolute Gasteiger partial charge is 0.466 e. The minimum atomic E-state index is -0.797. The van der Waals surface area contributed by atoms with Gasteiger partial charge < -0.3 is 9.47 Å². The molecule has 0 heterocycles. The zero-order valence-electron chi connectivity index (χ0n) is 20.0. The first-order chi connectivity index (χ1) is 13.1. The molecule has 0 aliphatic rings. The zero-order valence-corrected chi connectivity index (χ0v) is 20.0. The normalized spacial score (nSPS) is 15.2. The Labute approximate surface area is 174 Å². The van der Waals surface area contributed by atoms with Crippen LogP contribution in [0.1, 0.15) is 94.4 Å². The summed E-state index contributed by atoms with van der Waals surface area (Å²) >= 11 is 0. The summed E-state index contributed by atoms with van der Waals surface area (Å²) in [4.78, 5) is 26.1. The third kappa shape index (κ3) is 7.75. The fourth-order valence-corrected chi connectivity index (χ4v) is 4.31. The smallest absolute Gasteiger partial charge is 0.312 e. The molecule has 2 atom stereocenters. The maximum absolute atomic E-state index is 13.4. The molecule has 0 aliphatic heterocycles. The predicted molar refractivity (Wildman–Crippen MR) is 116 cm³/mol. The van der Waals surface area contributed by atoms with Gasteiger partial charge >= 0.3 is 11.9 Å². The molecule has 0 aliphatic carbocycles. The number of carbonyl (C=O) groups excluding carboxylic acids is 2. The molecule has 166 valence electrons. The SMILES string of the molecule is CCOC(=O)C(CC)C(CC)(CCCC(C)C)C(=O)OCC(C(C)C)C(C)C. The highest BCUT2D eigenvalue weighted by Gasteiger charge is 2.48. The average Bonchev–Trinajstić information content (AvgIpc) is 2.60. The van der Waals surface area contributed by atoms with Gasteiger partial charge in [-0.05, 0) is 49.9 Å². The van der Waals surface area contributed by atoms with E-state index in [9.17, 15) is 9.59 Å². The van der Waals surface area contributed by atoms with Crippen LogP contribution < -0.4 is 0 Å². The molecule has 0 bridgehead atoms. The van der Waals surface area contributed by atoms with Crippen LogP contribution in [0.3, 0.4) is 0 Å². The monoisotopic (exact) mass is 398 g/mol. The molecule has 28 heavy (non-hydrogen) atoms. The van der Waals surface area contributed by atoms with E-state index in [4.69, 9.17) is 9.47 Å². The van der Waals surface area contributed by atoms with E-state index in [2.05, 4.69) is 41.5 Å². The second-order valence-corrected chi connectivity index (χ2v) is 9.26. The van der Waals surface area contributed by atoms with Gasteiger partial charge in [-0.2, -0.15) is 0 Å². The highest BCUT2D eigenvalue weighted by molar-refractivity contribution is 5.85. The third-order valence-corrected chi connectivity index (χ3v) is 6.21.